The first-order chi connectivity index (χ1) is 26.5. The highest BCUT2D eigenvalue weighted by atomic mass is 31.2. The summed E-state index contributed by atoms with van der Waals surface area (Å²) in [7, 11) is -3.07. The number of hydrogen-bond donors (Lipinski definition) is 0. The van der Waals surface area contributed by atoms with E-state index in [2.05, 4.69) is 133 Å². The molecule has 0 bridgehead atoms. The van der Waals surface area contributed by atoms with Crippen LogP contribution >= 0.6 is 7.14 Å². The van der Waals surface area contributed by atoms with Crippen LogP contribution in [-0.4, -0.2) is 14.4 Å². The van der Waals surface area contributed by atoms with E-state index in [9.17, 15) is 0 Å². The second-order valence-corrected chi connectivity index (χ2v) is 17.5. The molecule has 5 heteroatoms. The molecule has 9 aromatic rings. The van der Waals surface area contributed by atoms with E-state index in [1.807, 2.05) is 54.6 Å². The maximum Gasteiger partial charge on any atom is 0.171 e. The summed E-state index contributed by atoms with van der Waals surface area (Å²) in [6, 6.07) is 60.6. The molecule has 7 aromatic carbocycles. The first-order valence-corrected chi connectivity index (χ1v) is 20.5. The number of fused-ring (bicyclic) bond motifs is 5. The van der Waals surface area contributed by atoms with Crippen molar-refractivity contribution in [2.75, 3.05) is 0 Å². The Morgan fingerprint density at radius 3 is 1.72 bits per heavy atom. The first-order valence-electron chi connectivity index (χ1n) is 18.8. The zero-order valence-corrected chi connectivity index (χ0v) is 30.9. The Bertz CT molecular complexity index is 2840. The molecule has 0 saturated heterocycles. The molecule has 2 heterocycles. The zero-order valence-electron chi connectivity index (χ0n) is 30.0. The van der Waals surface area contributed by atoms with Gasteiger partial charge in [-0.15, -0.1) is 0 Å². The Morgan fingerprint density at radius 2 is 1.06 bits per heavy atom. The first kappa shape index (κ1) is 32.6. The van der Waals surface area contributed by atoms with Crippen LogP contribution in [0.25, 0.3) is 61.2 Å². The average Bonchev–Trinajstić information content (AvgIpc) is 3.63. The quantitative estimate of drug-likeness (QED) is 0.154. The van der Waals surface area contributed by atoms with E-state index in [0.717, 1.165) is 83.1 Å². The van der Waals surface area contributed by atoms with Gasteiger partial charge < -0.3 is 4.57 Å². The van der Waals surface area contributed by atoms with Crippen molar-refractivity contribution in [2.45, 2.75) is 25.7 Å². The summed E-state index contributed by atoms with van der Waals surface area (Å²) in [5, 5.41) is 3.59. The highest BCUT2D eigenvalue weighted by Crippen LogP contribution is 2.45. The van der Waals surface area contributed by atoms with Crippen LogP contribution in [0.2, 0.25) is 0 Å². The van der Waals surface area contributed by atoms with Crippen molar-refractivity contribution in [2.24, 2.45) is 5.92 Å². The van der Waals surface area contributed by atoms with Crippen molar-refractivity contribution < 1.29 is 4.57 Å². The Morgan fingerprint density at radius 1 is 0.519 bits per heavy atom. The van der Waals surface area contributed by atoms with E-state index < -0.39 is 7.14 Å². The van der Waals surface area contributed by atoms with Crippen LogP contribution in [0.15, 0.2) is 176 Å². The summed E-state index contributed by atoms with van der Waals surface area (Å²) in [6.45, 7) is 2.32. The van der Waals surface area contributed by atoms with Gasteiger partial charge in [-0.3, -0.25) is 4.40 Å². The van der Waals surface area contributed by atoms with Crippen LogP contribution in [-0.2, 0) is 4.57 Å². The minimum absolute atomic E-state index is 0.621. The molecule has 1 aliphatic carbocycles. The minimum Gasteiger partial charge on any atom is -0.309 e. The van der Waals surface area contributed by atoms with E-state index in [1.54, 1.807) is 0 Å². The summed E-state index contributed by atoms with van der Waals surface area (Å²) in [6.07, 6.45) is 2.47. The normalized spacial score (nSPS) is 16.7. The van der Waals surface area contributed by atoms with Gasteiger partial charge in [0.25, 0.3) is 0 Å². The molecule has 1 atom stereocenters. The van der Waals surface area contributed by atoms with Crippen molar-refractivity contribution in [1.82, 2.24) is 14.4 Å². The van der Waals surface area contributed by atoms with Crippen LogP contribution in [0.4, 0.5) is 0 Å². The molecule has 0 radical (unpaired) electrons. The van der Waals surface area contributed by atoms with Crippen LogP contribution in [0.3, 0.4) is 0 Å². The Balaban J connectivity index is 0.979. The molecular weight excluding hydrogens is 678 g/mol. The molecule has 4 nitrogen and oxygen atoms in total. The molecule has 54 heavy (non-hydrogen) atoms. The molecule has 0 spiro atoms. The lowest BCUT2D eigenvalue weighted by Crippen LogP contribution is -2.25. The molecule has 0 N–H and O–H groups in total. The highest BCUT2D eigenvalue weighted by Gasteiger charge is 2.31. The summed E-state index contributed by atoms with van der Waals surface area (Å²) >= 11 is 0. The highest BCUT2D eigenvalue weighted by molar-refractivity contribution is 7.85. The number of imidazole rings is 1. The van der Waals surface area contributed by atoms with Gasteiger partial charge in [-0.25, -0.2) is 9.97 Å². The lowest BCUT2D eigenvalue weighted by molar-refractivity contribution is 0.288. The smallest absolute Gasteiger partial charge is 0.171 e. The van der Waals surface area contributed by atoms with Gasteiger partial charge in [-0.2, -0.15) is 0 Å². The molecule has 1 fully saturated rings. The predicted octanol–water partition coefficient (Wildman–Crippen LogP) is 11.2. The fourth-order valence-corrected chi connectivity index (χ4v) is 10.9. The van der Waals surface area contributed by atoms with Gasteiger partial charge in [0.2, 0.25) is 0 Å². The van der Waals surface area contributed by atoms with Crippen molar-refractivity contribution in [3.63, 3.8) is 0 Å². The molecule has 10 rings (SSSR count). The average molecular weight is 716 g/mol. The number of nitrogens with zero attached hydrogens (tertiary/aromatic N) is 3. The van der Waals surface area contributed by atoms with Crippen LogP contribution < -0.4 is 15.9 Å². The molecular formula is C49H38N3OP. The van der Waals surface area contributed by atoms with Crippen molar-refractivity contribution in [1.29, 1.82) is 0 Å². The third-order valence-corrected chi connectivity index (χ3v) is 14.3. The van der Waals surface area contributed by atoms with E-state index in [4.69, 9.17) is 9.97 Å². The maximum absolute atomic E-state index is 15.2. The van der Waals surface area contributed by atoms with Crippen molar-refractivity contribution in [3.05, 3.63) is 181 Å². The molecule has 2 aromatic heterocycles. The zero-order chi connectivity index (χ0) is 36.2. The second-order valence-electron chi connectivity index (χ2n) is 14.7. The number of hydrogen-bond acceptors (Lipinski definition) is 3. The summed E-state index contributed by atoms with van der Waals surface area (Å²) in [5.74, 6) is 2.29. The molecule has 0 amide bonds. The van der Waals surface area contributed by atoms with Crippen LogP contribution in [0.1, 0.15) is 31.2 Å². The van der Waals surface area contributed by atoms with Gasteiger partial charge in [0, 0.05) is 26.9 Å². The number of benzene rings is 7. The van der Waals surface area contributed by atoms with Crippen molar-refractivity contribution in [3.8, 4) is 33.6 Å². The minimum atomic E-state index is -3.07. The van der Waals surface area contributed by atoms with Gasteiger partial charge in [0.1, 0.15) is 11.5 Å². The van der Waals surface area contributed by atoms with Crippen molar-refractivity contribution >= 4 is 50.6 Å². The molecule has 1 unspecified atom stereocenters. The fourth-order valence-electron chi connectivity index (χ4n) is 8.29. The molecule has 0 aliphatic heterocycles. The third-order valence-electron chi connectivity index (χ3n) is 11.3. The molecule has 260 valence electrons. The molecule has 1 saturated carbocycles. The van der Waals surface area contributed by atoms with E-state index in [-0.39, 0.29) is 0 Å². The van der Waals surface area contributed by atoms with E-state index in [1.165, 1.54) is 18.4 Å². The lowest BCUT2D eigenvalue weighted by atomic mass is 9.72. The summed E-state index contributed by atoms with van der Waals surface area (Å²) in [5.41, 5.74) is 10.6. The Labute approximate surface area is 315 Å². The summed E-state index contributed by atoms with van der Waals surface area (Å²) in [4.78, 5) is 10.3. The van der Waals surface area contributed by atoms with Gasteiger partial charge in [0.05, 0.1) is 16.6 Å². The maximum atomic E-state index is 15.2. The SMILES string of the molecule is CC1CC(c2ccc(P(=O)(c3ccccc3)c3ccc(-c4ccc(-c5ccc6nc(-c7ccccc7)n7c8ccccc8nc7c6c5)cc4)cc3)cc2)C1. The van der Waals surface area contributed by atoms with Crippen LogP contribution in [0, 0.1) is 5.92 Å². The third kappa shape index (κ3) is 5.49. The van der Waals surface area contributed by atoms with Gasteiger partial charge in [0.15, 0.2) is 7.14 Å². The van der Waals surface area contributed by atoms with Gasteiger partial charge in [-0.1, -0.05) is 159 Å². The lowest BCUT2D eigenvalue weighted by Gasteiger charge is -2.33. The largest absolute Gasteiger partial charge is 0.309 e. The van der Waals surface area contributed by atoms with Crippen LogP contribution in [0.5, 0.6) is 0 Å². The molecule has 1 aliphatic rings. The summed E-state index contributed by atoms with van der Waals surface area (Å²) < 4.78 is 17.4. The van der Waals surface area contributed by atoms with Gasteiger partial charge in [-0.05, 0) is 76.8 Å². The number of rotatable bonds is 7. The van der Waals surface area contributed by atoms with Gasteiger partial charge >= 0.3 is 0 Å². The topological polar surface area (TPSA) is 47.3 Å². The fraction of sp³-hybridized carbons (Fsp3) is 0.102. The monoisotopic (exact) mass is 715 g/mol. The Kier molecular flexibility index (Phi) is 7.89. The second kappa shape index (κ2) is 13.1. The van der Waals surface area contributed by atoms with E-state index >= 15 is 4.57 Å². The Hall–Kier alpha value is -6.09. The predicted molar refractivity (Wildman–Crippen MR) is 225 cm³/mol. The number of para-hydroxylation sites is 2. The standard InChI is InChI=1S/C49H38N3OP/c1-33-30-40(31-33)37-22-27-43(28-23-37)54(53,41-12-6-3-7-13-41)42-25-20-35(21-26-42)34-16-18-36(19-17-34)39-24-29-45-44(32-39)49-51-46-14-8-9-15-47(46)52(49)48(50-45)38-10-4-2-5-11-38/h2-29,32-33,40H,30-31H2,1H3. The number of aromatic nitrogens is 3. The van der Waals surface area contributed by atoms with E-state index in [0.29, 0.717) is 5.92 Å².